The van der Waals surface area contributed by atoms with Crippen molar-refractivity contribution in [3.8, 4) is 22.7 Å². The maximum Gasteiger partial charge on any atom is 0.226 e. The summed E-state index contributed by atoms with van der Waals surface area (Å²) < 4.78 is 1.71. The molecule has 3 N–H and O–H groups in total. The molecule has 6 nitrogen and oxygen atoms in total. The fourth-order valence-corrected chi connectivity index (χ4v) is 4.67. The van der Waals surface area contributed by atoms with Gasteiger partial charge in [-0.25, -0.2) is 4.68 Å². The van der Waals surface area contributed by atoms with Gasteiger partial charge in [0.15, 0.2) is 0 Å². The number of nitrogens with one attached hydrogen (secondary N) is 1. The highest BCUT2D eigenvalue weighted by Crippen LogP contribution is 2.33. The van der Waals surface area contributed by atoms with Crippen molar-refractivity contribution in [2.24, 2.45) is 0 Å². The molecule has 1 aliphatic carbocycles. The van der Waals surface area contributed by atoms with E-state index in [0.717, 1.165) is 36.1 Å². The molecule has 1 saturated carbocycles. The van der Waals surface area contributed by atoms with Gasteiger partial charge in [0.1, 0.15) is 5.75 Å². The molecule has 0 aliphatic heterocycles. The highest BCUT2D eigenvalue weighted by atomic mass is 35.5. The Hall–Kier alpha value is -2.54. The van der Waals surface area contributed by atoms with E-state index in [1.807, 2.05) is 6.92 Å². The van der Waals surface area contributed by atoms with Crippen LogP contribution >= 0.6 is 23.2 Å². The summed E-state index contributed by atoms with van der Waals surface area (Å²) in [6, 6.07) is 11.7. The van der Waals surface area contributed by atoms with Crippen molar-refractivity contribution in [3.05, 3.63) is 63.8 Å². The zero-order valence-electron chi connectivity index (χ0n) is 17.7. The van der Waals surface area contributed by atoms with E-state index >= 15 is 0 Å². The predicted octanol–water partition coefficient (Wildman–Crippen LogP) is 4.82. The fraction of sp³-hybridized carbons (Fsp3) is 0.333. The van der Waals surface area contributed by atoms with Crippen LogP contribution in [0.1, 0.15) is 36.9 Å². The smallest absolute Gasteiger partial charge is 0.226 e. The van der Waals surface area contributed by atoms with Gasteiger partial charge in [0.2, 0.25) is 5.91 Å². The first-order valence-electron chi connectivity index (χ1n) is 10.6. The number of hydrogen-bond acceptors (Lipinski definition) is 4. The number of amides is 1. The zero-order valence-corrected chi connectivity index (χ0v) is 19.2. The number of aliphatic hydroxyl groups is 1. The Kier molecular flexibility index (Phi) is 6.74. The molecule has 1 aliphatic rings. The van der Waals surface area contributed by atoms with Crippen LogP contribution in [0.3, 0.4) is 0 Å². The number of benzene rings is 2. The molecular formula is C24H25Cl2N3O3. The van der Waals surface area contributed by atoms with Crippen molar-refractivity contribution in [3.63, 3.8) is 0 Å². The van der Waals surface area contributed by atoms with Crippen molar-refractivity contribution >= 4 is 29.1 Å². The van der Waals surface area contributed by atoms with Crippen LogP contribution in [0, 0.1) is 6.92 Å². The van der Waals surface area contributed by atoms with Crippen LogP contribution in [0.5, 0.6) is 5.75 Å². The summed E-state index contributed by atoms with van der Waals surface area (Å²) in [6.07, 6.45) is 3.04. The highest BCUT2D eigenvalue weighted by Gasteiger charge is 2.26. The van der Waals surface area contributed by atoms with Crippen LogP contribution in [0.4, 0.5) is 0 Å². The van der Waals surface area contributed by atoms with E-state index in [1.165, 1.54) is 0 Å². The van der Waals surface area contributed by atoms with Crippen molar-refractivity contribution in [1.82, 2.24) is 15.1 Å². The molecule has 3 aromatic rings. The van der Waals surface area contributed by atoms with Gasteiger partial charge < -0.3 is 15.5 Å². The van der Waals surface area contributed by atoms with Gasteiger partial charge >= 0.3 is 0 Å². The molecule has 0 bridgehead atoms. The third-order valence-corrected chi connectivity index (χ3v) is 6.44. The first kappa shape index (κ1) is 22.6. The average molecular weight is 474 g/mol. The molecule has 2 atom stereocenters. The maximum atomic E-state index is 12.8. The molecule has 0 spiro atoms. The standard InChI is InChI=1S/C24H25Cl2N3O3/c1-14-20(13-23(32)27-19-4-2-3-5-22(19)31)28-29(21-11-8-16(25)12-18(21)26)24(14)15-6-9-17(30)10-7-15/h6-12,19,22,30-31H,2-5,13H2,1H3,(H,27,32)/t19-,22+/m1/s1. The van der Waals surface area contributed by atoms with Gasteiger partial charge in [0.05, 0.1) is 40.7 Å². The molecule has 1 aromatic heterocycles. The van der Waals surface area contributed by atoms with E-state index in [0.29, 0.717) is 27.8 Å². The lowest BCUT2D eigenvalue weighted by molar-refractivity contribution is -0.122. The Balaban J connectivity index is 1.70. The summed E-state index contributed by atoms with van der Waals surface area (Å²) in [5, 5.41) is 28.5. The maximum absolute atomic E-state index is 12.8. The molecular weight excluding hydrogens is 449 g/mol. The minimum absolute atomic E-state index is 0.0817. The Bertz CT molecular complexity index is 1130. The van der Waals surface area contributed by atoms with E-state index < -0.39 is 6.10 Å². The van der Waals surface area contributed by atoms with E-state index in [9.17, 15) is 15.0 Å². The number of rotatable bonds is 5. The van der Waals surface area contributed by atoms with Crippen molar-refractivity contribution < 1.29 is 15.0 Å². The fourth-order valence-electron chi connectivity index (χ4n) is 4.18. The second-order valence-corrected chi connectivity index (χ2v) is 9.02. The zero-order chi connectivity index (χ0) is 22.8. The van der Waals surface area contributed by atoms with Gasteiger partial charge in [0.25, 0.3) is 0 Å². The van der Waals surface area contributed by atoms with Crippen LogP contribution in [-0.4, -0.2) is 38.0 Å². The largest absolute Gasteiger partial charge is 0.508 e. The first-order valence-corrected chi connectivity index (χ1v) is 11.4. The third kappa shape index (κ3) is 4.77. The number of phenols is 1. The minimum atomic E-state index is -0.508. The molecule has 1 fully saturated rings. The van der Waals surface area contributed by atoms with E-state index in [2.05, 4.69) is 5.32 Å². The Labute approximate surface area is 196 Å². The van der Waals surface area contributed by atoms with Gasteiger partial charge in [-0.1, -0.05) is 36.0 Å². The molecule has 1 heterocycles. The lowest BCUT2D eigenvalue weighted by Gasteiger charge is -2.28. The number of hydrogen-bond donors (Lipinski definition) is 3. The van der Waals surface area contributed by atoms with Gasteiger partial charge in [-0.2, -0.15) is 5.10 Å². The van der Waals surface area contributed by atoms with Crippen LogP contribution in [0.15, 0.2) is 42.5 Å². The second kappa shape index (κ2) is 9.53. The summed E-state index contributed by atoms with van der Waals surface area (Å²) in [4.78, 5) is 12.8. The monoisotopic (exact) mass is 473 g/mol. The summed E-state index contributed by atoms with van der Waals surface area (Å²) in [5.74, 6) is -0.0178. The van der Waals surface area contributed by atoms with Crippen molar-refractivity contribution in [1.29, 1.82) is 0 Å². The first-order chi connectivity index (χ1) is 15.3. The number of aromatic nitrogens is 2. The van der Waals surface area contributed by atoms with Crippen LogP contribution in [-0.2, 0) is 11.2 Å². The Morgan fingerprint density at radius 3 is 2.56 bits per heavy atom. The van der Waals surface area contributed by atoms with Gasteiger partial charge in [-0.05, 0) is 67.8 Å². The summed E-state index contributed by atoms with van der Waals surface area (Å²) in [5.41, 5.74) is 3.68. The van der Waals surface area contributed by atoms with Gasteiger partial charge in [-0.15, -0.1) is 0 Å². The molecule has 1 amide bonds. The topological polar surface area (TPSA) is 87.4 Å². The molecule has 4 rings (SSSR count). The molecule has 2 aromatic carbocycles. The van der Waals surface area contributed by atoms with E-state index in [-0.39, 0.29) is 24.1 Å². The van der Waals surface area contributed by atoms with E-state index in [4.69, 9.17) is 28.3 Å². The van der Waals surface area contributed by atoms with Gasteiger partial charge in [-0.3, -0.25) is 4.79 Å². The number of carbonyl (C=O) groups is 1. The second-order valence-electron chi connectivity index (χ2n) is 8.18. The Morgan fingerprint density at radius 1 is 1.16 bits per heavy atom. The predicted molar refractivity (Wildman–Crippen MR) is 126 cm³/mol. The summed E-state index contributed by atoms with van der Waals surface area (Å²) in [6.45, 7) is 1.91. The number of nitrogens with zero attached hydrogens (tertiary/aromatic N) is 2. The normalized spacial score (nSPS) is 18.5. The van der Waals surface area contributed by atoms with E-state index in [1.54, 1.807) is 47.1 Å². The van der Waals surface area contributed by atoms with Crippen LogP contribution in [0.25, 0.3) is 16.9 Å². The highest BCUT2D eigenvalue weighted by molar-refractivity contribution is 6.35. The van der Waals surface area contributed by atoms with Crippen molar-refractivity contribution in [2.75, 3.05) is 0 Å². The Morgan fingerprint density at radius 2 is 1.88 bits per heavy atom. The molecule has 8 heteroatoms. The van der Waals surface area contributed by atoms with Gasteiger partial charge in [0, 0.05) is 10.6 Å². The van der Waals surface area contributed by atoms with Crippen LogP contribution < -0.4 is 5.32 Å². The van der Waals surface area contributed by atoms with Crippen molar-refractivity contribution in [2.45, 2.75) is 51.2 Å². The number of carbonyl (C=O) groups excluding carboxylic acids is 1. The molecule has 168 valence electrons. The third-order valence-electron chi connectivity index (χ3n) is 5.90. The molecule has 0 unspecified atom stereocenters. The summed E-state index contributed by atoms with van der Waals surface area (Å²) in [7, 11) is 0. The number of phenolic OH excluding ortho intramolecular Hbond substituents is 1. The average Bonchev–Trinajstić information content (AvgIpc) is 3.06. The number of aromatic hydroxyl groups is 1. The SMILES string of the molecule is Cc1c(CC(=O)N[C@@H]2CCCC[C@@H]2O)nn(-c2ccc(Cl)cc2Cl)c1-c1ccc(O)cc1. The lowest BCUT2D eigenvalue weighted by atomic mass is 9.92. The minimum Gasteiger partial charge on any atom is -0.508 e. The molecule has 0 saturated heterocycles. The lowest BCUT2D eigenvalue weighted by Crippen LogP contribution is -2.45. The number of halogens is 2. The quantitative estimate of drug-likeness (QED) is 0.495. The van der Waals surface area contributed by atoms with Crippen LogP contribution in [0.2, 0.25) is 10.0 Å². The summed E-state index contributed by atoms with van der Waals surface area (Å²) >= 11 is 12.5. The molecule has 32 heavy (non-hydrogen) atoms. The molecule has 0 radical (unpaired) electrons. The number of aliphatic hydroxyl groups excluding tert-OH is 1.